The number of nitrogens with one attached hydrogen (secondary N) is 3. The van der Waals surface area contributed by atoms with E-state index in [2.05, 4.69) is 29.8 Å². The van der Waals surface area contributed by atoms with Gasteiger partial charge in [0.2, 0.25) is 17.6 Å². The fourth-order valence-corrected chi connectivity index (χ4v) is 6.64. The number of hydrogen-bond donors (Lipinski definition) is 4. The molecule has 1 aromatic rings. The lowest BCUT2D eigenvalue weighted by molar-refractivity contribution is -0.145. The van der Waals surface area contributed by atoms with Crippen LogP contribution in [0.3, 0.4) is 0 Å². The number of likely N-dealkylation sites (tertiary alicyclic amines) is 1. The highest BCUT2D eigenvalue weighted by Crippen LogP contribution is 2.65. The van der Waals surface area contributed by atoms with Crippen LogP contribution in [0.1, 0.15) is 73.3 Å². The van der Waals surface area contributed by atoms with Gasteiger partial charge in [0.15, 0.2) is 0 Å². The van der Waals surface area contributed by atoms with Crippen LogP contribution < -0.4 is 21.7 Å². The van der Waals surface area contributed by atoms with Crippen LogP contribution in [0.2, 0.25) is 0 Å². The number of hydrogen-bond acceptors (Lipinski definition) is 5. The molecule has 10 heteroatoms. The van der Waals surface area contributed by atoms with Gasteiger partial charge in [-0.25, -0.2) is 4.79 Å². The molecule has 0 aromatic heterocycles. The van der Waals surface area contributed by atoms with Crippen molar-refractivity contribution >= 4 is 29.5 Å². The third-order valence-corrected chi connectivity index (χ3v) is 9.71. The van der Waals surface area contributed by atoms with E-state index in [0.29, 0.717) is 19.4 Å². The Morgan fingerprint density at radius 1 is 1.00 bits per heavy atom. The van der Waals surface area contributed by atoms with Crippen molar-refractivity contribution in [1.29, 1.82) is 0 Å². The smallest absolute Gasteiger partial charge is 0.315 e. The zero-order valence-electron chi connectivity index (χ0n) is 26.6. The number of amides is 5. The van der Waals surface area contributed by atoms with Crippen LogP contribution >= 0.6 is 0 Å². The number of nitrogens with zero attached hydrogens (tertiary/aromatic N) is 1. The molecule has 5 amide bonds. The number of carbonyl (C=O) groups is 5. The van der Waals surface area contributed by atoms with E-state index < -0.39 is 47.2 Å². The maximum Gasteiger partial charge on any atom is 0.315 e. The molecule has 5 N–H and O–H groups in total. The molecule has 10 nitrogen and oxygen atoms in total. The average Bonchev–Trinajstić information content (AvgIpc) is 3.77. The summed E-state index contributed by atoms with van der Waals surface area (Å²) in [5.41, 5.74) is 5.60. The lowest BCUT2D eigenvalue weighted by Crippen LogP contribution is -2.62. The number of nitrogens with two attached hydrogens (primary N) is 1. The largest absolute Gasteiger partial charge is 0.363 e. The molecule has 0 spiro atoms. The number of rotatable bonds is 12. The molecule has 1 heterocycles. The third-order valence-electron chi connectivity index (χ3n) is 9.71. The fourth-order valence-electron chi connectivity index (χ4n) is 6.64. The average molecular weight is 596 g/mol. The monoisotopic (exact) mass is 595 g/mol. The summed E-state index contributed by atoms with van der Waals surface area (Å²) in [5.74, 6) is -2.24. The summed E-state index contributed by atoms with van der Waals surface area (Å²) in [5, 5.41) is 8.79. The molecule has 4 rings (SSSR count). The summed E-state index contributed by atoms with van der Waals surface area (Å²) in [6.45, 7) is 14.3. The molecular weight excluding hydrogens is 546 g/mol. The normalized spacial score (nSPS) is 24.4. The molecule has 1 aliphatic heterocycles. The SMILES string of the molecule is CC(C)[C@@H](Cc1ccccc1)NC(=O)N[C@H](C(=O)N1C[C@H]2[C@@H]([C@H]1C(=O)NC(CC1CC1)C(=O)C(N)=O)C2(C)C)C(C)(C)C. The number of Topliss-reactive ketones (excluding diaryl/α,β-unsaturated/α-hetero) is 1. The number of benzene rings is 1. The Morgan fingerprint density at radius 3 is 2.16 bits per heavy atom. The van der Waals surface area contributed by atoms with Crippen molar-refractivity contribution in [2.45, 2.75) is 98.3 Å². The summed E-state index contributed by atoms with van der Waals surface area (Å²) >= 11 is 0. The minimum absolute atomic E-state index is 0.0904. The van der Waals surface area contributed by atoms with E-state index in [4.69, 9.17) is 5.73 Å². The second-order valence-corrected chi connectivity index (χ2v) is 14.8. The first-order chi connectivity index (χ1) is 20.0. The summed E-state index contributed by atoms with van der Waals surface area (Å²) < 4.78 is 0. The van der Waals surface area contributed by atoms with E-state index in [1.165, 1.54) is 0 Å². The summed E-state index contributed by atoms with van der Waals surface area (Å²) in [4.78, 5) is 67.2. The van der Waals surface area contributed by atoms with E-state index in [9.17, 15) is 24.0 Å². The van der Waals surface area contributed by atoms with Crippen LogP contribution in [0.4, 0.5) is 4.79 Å². The van der Waals surface area contributed by atoms with Crippen LogP contribution in [0, 0.1) is 34.5 Å². The van der Waals surface area contributed by atoms with Gasteiger partial charge in [-0.05, 0) is 52.9 Å². The first-order valence-corrected chi connectivity index (χ1v) is 15.6. The molecule has 2 saturated carbocycles. The Kier molecular flexibility index (Phi) is 9.28. The molecule has 0 bridgehead atoms. The Hall–Kier alpha value is -3.43. The number of urea groups is 1. The molecule has 43 heavy (non-hydrogen) atoms. The van der Waals surface area contributed by atoms with Crippen LogP contribution in [-0.2, 0) is 25.6 Å². The van der Waals surface area contributed by atoms with Crippen molar-refractivity contribution < 1.29 is 24.0 Å². The minimum atomic E-state index is -1.08. The van der Waals surface area contributed by atoms with E-state index in [1.54, 1.807) is 4.90 Å². The van der Waals surface area contributed by atoms with Gasteiger partial charge >= 0.3 is 6.03 Å². The number of primary amides is 1. The van der Waals surface area contributed by atoms with Crippen LogP contribution in [0.5, 0.6) is 0 Å². The molecule has 3 fully saturated rings. The Labute approximate surface area is 255 Å². The third kappa shape index (κ3) is 7.39. The highest BCUT2D eigenvalue weighted by Gasteiger charge is 2.70. The molecule has 0 radical (unpaired) electrons. The zero-order valence-corrected chi connectivity index (χ0v) is 26.6. The van der Waals surface area contributed by atoms with Crippen molar-refractivity contribution in [1.82, 2.24) is 20.9 Å². The Balaban J connectivity index is 1.51. The zero-order chi connectivity index (χ0) is 31.9. The summed E-state index contributed by atoms with van der Waals surface area (Å²) in [6, 6.07) is 6.62. The lowest BCUT2D eigenvalue weighted by atomic mass is 9.85. The van der Waals surface area contributed by atoms with Crippen LogP contribution in [-0.4, -0.2) is 65.1 Å². The summed E-state index contributed by atoms with van der Waals surface area (Å²) in [6.07, 6.45) is 2.89. The maximum atomic E-state index is 14.2. The Morgan fingerprint density at radius 2 is 1.63 bits per heavy atom. The molecule has 2 aliphatic carbocycles. The second-order valence-electron chi connectivity index (χ2n) is 14.8. The van der Waals surface area contributed by atoms with Gasteiger partial charge in [0.25, 0.3) is 5.91 Å². The van der Waals surface area contributed by atoms with Crippen molar-refractivity contribution in [2.75, 3.05) is 6.54 Å². The first kappa shape index (κ1) is 32.5. The van der Waals surface area contributed by atoms with Crippen molar-refractivity contribution in [3.63, 3.8) is 0 Å². The van der Waals surface area contributed by atoms with Crippen molar-refractivity contribution in [3.05, 3.63) is 35.9 Å². The Bertz CT molecular complexity index is 1240. The molecule has 3 aliphatic rings. The predicted molar refractivity (Wildman–Crippen MR) is 163 cm³/mol. The van der Waals surface area contributed by atoms with E-state index in [0.717, 1.165) is 18.4 Å². The second kappa shape index (κ2) is 12.3. The maximum absolute atomic E-state index is 14.2. The van der Waals surface area contributed by atoms with Gasteiger partial charge in [0, 0.05) is 12.6 Å². The van der Waals surface area contributed by atoms with Gasteiger partial charge in [-0.2, -0.15) is 0 Å². The number of ketones is 1. The quantitative estimate of drug-likeness (QED) is 0.274. The standard InChI is InChI=1S/C33H49N5O5/c1-18(2)22(15-19-11-9-8-10-12-19)36-31(43)37-27(32(3,4)5)30(42)38-17-21-24(33(21,6)7)25(38)29(41)35-23(16-20-13-14-20)26(39)28(34)40/h8-12,18,20-25,27H,13-17H2,1-7H3,(H2,34,40)(H,35,41)(H2,36,37,43)/t21-,22+,23?,24-,25-,27+/m0/s1. The van der Waals surface area contributed by atoms with Crippen LogP contribution in [0.15, 0.2) is 30.3 Å². The summed E-state index contributed by atoms with van der Waals surface area (Å²) in [7, 11) is 0. The van der Waals surface area contributed by atoms with Gasteiger partial charge in [-0.3, -0.25) is 19.2 Å². The highest BCUT2D eigenvalue weighted by atomic mass is 16.2. The topological polar surface area (TPSA) is 151 Å². The molecule has 1 unspecified atom stereocenters. The van der Waals surface area contributed by atoms with Gasteiger partial charge < -0.3 is 26.6 Å². The fraction of sp³-hybridized carbons (Fsp3) is 0.667. The van der Waals surface area contributed by atoms with Gasteiger partial charge in [0.05, 0.1) is 6.04 Å². The first-order valence-electron chi connectivity index (χ1n) is 15.6. The van der Waals surface area contributed by atoms with E-state index in [1.807, 2.05) is 65.0 Å². The van der Waals surface area contributed by atoms with Gasteiger partial charge in [-0.15, -0.1) is 0 Å². The number of carbonyl (C=O) groups excluding carboxylic acids is 5. The van der Waals surface area contributed by atoms with Crippen molar-refractivity contribution in [2.24, 2.45) is 40.2 Å². The number of piperidine rings is 1. The minimum Gasteiger partial charge on any atom is -0.363 e. The molecule has 1 saturated heterocycles. The highest BCUT2D eigenvalue weighted by molar-refractivity contribution is 6.37. The number of fused-ring (bicyclic) bond motifs is 1. The van der Waals surface area contributed by atoms with Crippen LogP contribution in [0.25, 0.3) is 0 Å². The molecule has 1 aromatic carbocycles. The molecule has 236 valence electrons. The van der Waals surface area contributed by atoms with Crippen molar-refractivity contribution in [3.8, 4) is 0 Å². The van der Waals surface area contributed by atoms with Gasteiger partial charge in [-0.1, -0.05) is 91.6 Å². The van der Waals surface area contributed by atoms with Gasteiger partial charge in [0.1, 0.15) is 12.1 Å². The predicted octanol–water partition coefficient (Wildman–Crippen LogP) is 2.79. The van der Waals surface area contributed by atoms with E-state index >= 15 is 0 Å². The lowest BCUT2D eigenvalue weighted by Gasteiger charge is -2.38. The molecule has 6 atom stereocenters. The van der Waals surface area contributed by atoms with E-state index in [-0.39, 0.29) is 41.0 Å². The molecular formula is C33H49N5O5.